The average Bonchev–Trinajstić information content (AvgIpc) is 3.28. The van der Waals surface area contributed by atoms with Gasteiger partial charge in [-0.1, -0.05) is 49.4 Å². The maximum absolute atomic E-state index is 13.1. The summed E-state index contributed by atoms with van der Waals surface area (Å²) in [4.78, 5) is 27.1. The van der Waals surface area contributed by atoms with Gasteiger partial charge in [0.05, 0.1) is 17.9 Å². The molecule has 0 aliphatic heterocycles. The highest BCUT2D eigenvalue weighted by Crippen LogP contribution is 2.31. The third-order valence-electron chi connectivity index (χ3n) is 6.32. The molecule has 1 unspecified atom stereocenters. The molecular formula is C29H27N5O3S. The van der Waals surface area contributed by atoms with Crippen LogP contribution in [0.25, 0.3) is 22.4 Å². The number of anilines is 1. The normalized spacial score (nSPS) is 12.0. The molecule has 5 rings (SSSR count). The predicted molar refractivity (Wildman–Crippen MR) is 149 cm³/mol. The smallest absolute Gasteiger partial charge is 0.272 e. The lowest BCUT2D eigenvalue weighted by molar-refractivity contribution is 0.100. The molecule has 0 aliphatic rings. The molecule has 3 heterocycles. The number of nitrogens with zero attached hydrogens (tertiary/aromatic N) is 5. The monoisotopic (exact) mass is 525 g/mol. The number of pyridine rings is 2. The van der Waals surface area contributed by atoms with Gasteiger partial charge < -0.3 is 4.57 Å². The Hall–Kier alpha value is -4.21. The lowest BCUT2D eigenvalue weighted by Gasteiger charge is -2.20. The maximum Gasteiger partial charge on any atom is 0.272 e. The zero-order valence-corrected chi connectivity index (χ0v) is 21.9. The molecule has 1 atom stereocenters. The summed E-state index contributed by atoms with van der Waals surface area (Å²) in [5.41, 5.74) is 5.64. The zero-order chi connectivity index (χ0) is 26.6. The molecule has 5 aromatic rings. The number of hydrogen-bond acceptors (Lipinski definition) is 5. The molecule has 0 spiro atoms. The minimum atomic E-state index is -2.59. The first-order valence-electron chi connectivity index (χ1n) is 12.3. The Morgan fingerprint density at radius 1 is 0.974 bits per heavy atom. The van der Waals surface area contributed by atoms with Crippen LogP contribution in [0.5, 0.6) is 0 Å². The molecule has 9 heteroatoms. The lowest BCUT2D eigenvalue weighted by Crippen LogP contribution is -2.33. The minimum Gasteiger partial charge on any atom is -0.308 e. The minimum absolute atomic E-state index is 0.250. The Morgan fingerprint density at radius 2 is 1.74 bits per heavy atom. The summed E-state index contributed by atoms with van der Waals surface area (Å²) in [6.45, 7) is 4.78. The van der Waals surface area contributed by atoms with Crippen LogP contribution in [0.4, 0.5) is 5.69 Å². The molecular weight excluding hydrogens is 498 g/mol. The second-order valence-electron chi connectivity index (χ2n) is 8.93. The van der Waals surface area contributed by atoms with Crippen molar-refractivity contribution < 1.29 is 13.6 Å². The van der Waals surface area contributed by atoms with E-state index in [-0.39, 0.29) is 5.69 Å². The highest BCUT2D eigenvalue weighted by molar-refractivity contribution is 7.81. The molecule has 0 fully saturated rings. The summed E-state index contributed by atoms with van der Waals surface area (Å²) >= 11 is -2.59. The summed E-state index contributed by atoms with van der Waals surface area (Å²) in [5.74, 6) is 0.413. The summed E-state index contributed by atoms with van der Waals surface area (Å²) in [5, 5.41) is 0. The van der Waals surface area contributed by atoms with Gasteiger partial charge in [-0.05, 0) is 54.8 Å². The standard InChI is InChI=1S/C29H27N5O3S/c1-3-8-25-32-26-20(2)16-18-31-28(26)33(25)19-21-12-14-22(15-13-21)27-24(11-7-17-30-27)34(38(36)37)29(35)23-9-5-4-6-10-23/h4-7,9-18H,3,8,19H2,1-2H3,(H,36,37). The van der Waals surface area contributed by atoms with Gasteiger partial charge >= 0.3 is 0 Å². The summed E-state index contributed by atoms with van der Waals surface area (Å²) < 4.78 is 25.4. The Bertz CT molecular complexity index is 1620. The van der Waals surface area contributed by atoms with Gasteiger partial charge in [-0.3, -0.25) is 14.3 Å². The molecule has 192 valence electrons. The third-order valence-corrected chi connectivity index (χ3v) is 7.00. The van der Waals surface area contributed by atoms with Crippen LogP contribution in [0.1, 0.15) is 40.7 Å². The first-order chi connectivity index (χ1) is 18.5. The average molecular weight is 526 g/mol. The molecule has 0 saturated heterocycles. The van der Waals surface area contributed by atoms with Gasteiger partial charge in [-0.15, -0.1) is 0 Å². The van der Waals surface area contributed by atoms with Crippen molar-refractivity contribution in [1.82, 2.24) is 19.5 Å². The summed E-state index contributed by atoms with van der Waals surface area (Å²) in [6, 6.07) is 21.4. The van der Waals surface area contributed by atoms with Crippen molar-refractivity contribution in [2.45, 2.75) is 33.2 Å². The van der Waals surface area contributed by atoms with Crippen molar-refractivity contribution in [3.05, 3.63) is 108 Å². The molecule has 2 aromatic carbocycles. The second-order valence-corrected chi connectivity index (χ2v) is 9.76. The number of benzene rings is 2. The van der Waals surface area contributed by atoms with Crippen LogP contribution in [0, 0.1) is 6.92 Å². The van der Waals surface area contributed by atoms with Crippen LogP contribution in [0.15, 0.2) is 85.2 Å². The second kappa shape index (κ2) is 11.0. The Morgan fingerprint density at radius 3 is 2.45 bits per heavy atom. The molecule has 0 radical (unpaired) electrons. The van der Waals surface area contributed by atoms with E-state index in [4.69, 9.17) is 4.98 Å². The molecule has 0 saturated carbocycles. The van der Waals surface area contributed by atoms with Gasteiger partial charge in [0, 0.05) is 29.9 Å². The van der Waals surface area contributed by atoms with Gasteiger partial charge in [0.1, 0.15) is 11.3 Å². The Labute approximate surface area is 223 Å². The van der Waals surface area contributed by atoms with Crippen molar-refractivity contribution in [3.8, 4) is 11.3 Å². The number of amides is 1. The van der Waals surface area contributed by atoms with Crippen molar-refractivity contribution in [3.63, 3.8) is 0 Å². The Kier molecular flexibility index (Phi) is 7.39. The van der Waals surface area contributed by atoms with Gasteiger partial charge in [0.15, 0.2) is 5.65 Å². The number of carbonyl (C=O) groups excluding carboxylic acids is 1. The van der Waals surface area contributed by atoms with Crippen LogP contribution in [-0.4, -0.2) is 34.2 Å². The van der Waals surface area contributed by atoms with Crippen molar-refractivity contribution in [2.75, 3.05) is 4.31 Å². The number of imidazole rings is 1. The van der Waals surface area contributed by atoms with E-state index in [9.17, 15) is 13.6 Å². The summed E-state index contributed by atoms with van der Waals surface area (Å²) in [7, 11) is 0. The molecule has 8 nitrogen and oxygen atoms in total. The van der Waals surface area contributed by atoms with Crippen molar-refractivity contribution >= 4 is 34.0 Å². The molecule has 0 bridgehead atoms. The summed E-state index contributed by atoms with van der Waals surface area (Å²) in [6.07, 6.45) is 5.24. The largest absolute Gasteiger partial charge is 0.308 e. The number of rotatable bonds is 8. The highest BCUT2D eigenvalue weighted by atomic mass is 32.2. The van der Waals surface area contributed by atoms with E-state index in [1.54, 1.807) is 48.7 Å². The van der Waals surface area contributed by atoms with Gasteiger partial charge in [0.2, 0.25) is 0 Å². The topological polar surface area (TPSA) is 101 Å². The lowest BCUT2D eigenvalue weighted by atomic mass is 10.1. The van der Waals surface area contributed by atoms with E-state index in [0.29, 0.717) is 17.8 Å². The fraction of sp³-hybridized carbons (Fsp3) is 0.172. The van der Waals surface area contributed by atoms with Crippen molar-refractivity contribution in [1.29, 1.82) is 0 Å². The van der Waals surface area contributed by atoms with Crippen molar-refractivity contribution in [2.24, 2.45) is 0 Å². The van der Waals surface area contributed by atoms with Crippen LogP contribution in [0.3, 0.4) is 0 Å². The van der Waals surface area contributed by atoms with E-state index in [1.165, 1.54) is 0 Å². The molecule has 0 aliphatic carbocycles. The number of hydrogen-bond donors (Lipinski definition) is 1. The quantitative estimate of drug-likeness (QED) is 0.265. The van der Waals surface area contributed by atoms with E-state index < -0.39 is 17.2 Å². The van der Waals surface area contributed by atoms with Gasteiger partial charge in [-0.25, -0.2) is 14.2 Å². The highest BCUT2D eigenvalue weighted by Gasteiger charge is 2.26. The Balaban J connectivity index is 1.49. The SMILES string of the molecule is CCCc1nc2c(C)ccnc2n1Cc1ccc(-c2ncccc2N(C(=O)c2ccccc2)S(=O)O)cc1. The van der Waals surface area contributed by atoms with Crippen LogP contribution in [0.2, 0.25) is 0 Å². The van der Waals surface area contributed by atoms with E-state index in [2.05, 4.69) is 21.5 Å². The first kappa shape index (κ1) is 25.4. The number of aromatic nitrogens is 4. The fourth-order valence-corrected chi connectivity index (χ4v) is 5.02. The fourth-order valence-electron chi connectivity index (χ4n) is 4.46. The van der Waals surface area contributed by atoms with Crippen LogP contribution < -0.4 is 4.31 Å². The van der Waals surface area contributed by atoms with Crippen LogP contribution in [-0.2, 0) is 24.2 Å². The van der Waals surface area contributed by atoms with E-state index >= 15 is 0 Å². The molecule has 1 N–H and O–H groups in total. The third kappa shape index (κ3) is 4.98. The van der Waals surface area contributed by atoms with Gasteiger partial charge in [-0.2, -0.15) is 4.31 Å². The molecule has 38 heavy (non-hydrogen) atoms. The molecule has 3 aromatic heterocycles. The zero-order valence-electron chi connectivity index (χ0n) is 21.1. The maximum atomic E-state index is 13.1. The van der Waals surface area contributed by atoms with Crippen LogP contribution >= 0.6 is 0 Å². The first-order valence-corrected chi connectivity index (χ1v) is 13.4. The number of carbonyl (C=O) groups is 1. The predicted octanol–water partition coefficient (Wildman–Crippen LogP) is 5.59. The number of fused-ring (bicyclic) bond motifs is 1. The molecule has 1 amide bonds. The number of aryl methyl sites for hydroxylation is 2. The van der Waals surface area contributed by atoms with E-state index in [1.807, 2.05) is 43.5 Å². The van der Waals surface area contributed by atoms with E-state index in [0.717, 1.165) is 50.8 Å². The van der Waals surface area contributed by atoms with Gasteiger partial charge in [0.25, 0.3) is 17.2 Å².